The molecule has 3 aromatic rings. The van der Waals surface area contributed by atoms with Gasteiger partial charge in [-0.05, 0) is 53.3 Å². The van der Waals surface area contributed by atoms with Crippen molar-refractivity contribution in [2.45, 2.75) is 26.2 Å². The van der Waals surface area contributed by atoms with Crippen molar-refractivity contribution in [3.05, 3.63) is 126 Å². The number of rotatable bonds is 11. The second-order valence-electron chi connectivity index (χ2n) is 8.21. The van der Waals surface area contributed by atoms with Gasteiger partial charge in [-0.2, -0.15) is 0 Å². The van der Waals surface area contributed by atoms with Gasteiger partial charge in [-0.1, -0.05) is 81.6 Å². The van der Waals surface area contributed by atoms with Crippen molar-refractivity contribution < 1.29 is 14.6 Å². The van der Waals surface area contributed by atoms with Gasteiger partial charge in [0, 0.05) is 18.7 Å². The number of aryl methyl sites for hydroxylation is 1. The van der Waals surface area contributed by atoms with Crippen molar-refractivity contribution >= 4 is 5.71 Å². The molecule has 0 fully saturated rings. The highest BCUT2D eigenvalue weighted by Crippen LogP contribution is 2.28. The van der Waals surface area contributed by atoms with Crippen molar-refractivity contribution in [2.24, 2.45) is 4.99 Å². The standard InChI is InChI=1S/C31H33NO3/c1-6-24-13-15-27(16-14-24)35-23(4)31(32-5)29-18-17-28(20-30(29)33)34-21-25(7-2)19-22(3)26-11-9-8-10-12-26/h7-20,22,33H,2,4,6,21H2,1,3,5H3/b25-19+,32-31?. The topological polar surface area (TPSA) is 51.0 Å². The first kappa shape index (κ1) is 25.6. The molecule has 0 bridgehead atoms. The molecule has 35 heavy (non-hydrogen) atoms. The summed E-state index contributed by atoms with van der Waals surface area (Å²) in [5.41, 5.74) is 4.41. The Balaban J connectivity index is 1.67. The van der Waals surface area contributed by atoms with Crippen molar-refractivity contribution in [1.82, 2.24) is 0 Å². The predicted octanol–water partition coefficient (Wildman–Crippen LogP) is 7.26. The molecule has 0 spiro atoms. The van der Waals surface area contributed by atoms with Gasteiger partial charge >= 0.3 is 0 Å². The maximum atomic E-state index is 10.7. The molecule has 0 aliphatic carbocycles. The molecule has 0 aliphatic rings. The lowest BCUT2D eigenvalue weighted by Crippen LogP contribution is -2.10. The van der Waals surface area contributed by atoms with Crippen molar-refractivity contribution in [3.63, 3.8) is 0 Å². The van der Waals surface area contributed by atoms with Crippen LogP contribution in [-0.4, -0.2) is 24.5 Å². The second kappa shape index (κ2) is 12.4. The zero-order valence-corrected chi connectivity index (χ0v) is 20.7. The fourth-order valence-corrected chi connectivity index (χ4v) is 3.70. The Hall–Kier alpha value is -4.05. The lowest BCUT2D eigenvalue weighted by molar-refractivity contribution is 0.352. The summed E-state index contributed by atoms with van der Waals surface area (Å²) in [5, 5.41) is 10.7. The first-order chi connectivity index (χ1) is 16.9. The van der Waals surface area contributed by atoms with E-state index in [0.717, 1.165) is 12.0 Å². The Bertz CT molecular complexity index is 1210. The summed E-state index contributed by atoms with van der Waals surface area (Å²) in [7, 11) is 1.64. The highest BCUT2D eigenvalue weighted by atomic mass is 16.5. The van der Waals surface area contributed by atoms with E-state index >= 15 is 0 Å². The molecule has 0 saturated carbocycles. The van der Waals surface area contributed by atoms with Crippen molar-refractivity contribution in [3.8, 4) is 17.2 Å². The van der Waals surface area contributed by atoms with Crippen LogP contribution in [0.15, 0.2) is 114 Å². The van der Waals surface area contributed by atoms with Crippen molar-refractivity contribution in [1.29, 1.82) is 0 Å². The third-order valence-electron chi connectivity index (χ3n) is 5.74. The Kier molecular flexibility index (Phi) is 9.08. The highest BCUT2D eigenvalue weighted by molar-refractivity contribution is 6.12. The molecule has 0 aliphatic heterocycles. The molecule has 3 aromatic carbocycles. The largest absolute Gasteiger partial charge is 0.507 e. The van der Waals surface area contributed by atoms with Crippen LogP contribution >= 0.6 is 0 Å². The third kappa shape index (κ3) is 6.97. The van der Waals surface area contributed by atoms with Crippen LogP contribution in [0.3, 0.4) is 0 Å². The summed E-state index contributed by atoms with van der Waals surface area (Å²) in [6, 6.07) is 23.2. The lowest BCUT2D eigenvalue weighted by atomic mass is 9.98. The number of nitrogens with zero attached hydrogens (tertiary/aromatic N) is 1. The van der Waals surface area contributed by atoms with Gasteiger partial charge in [-0.3, -0.25) is 4.99 Å². The van der Waals surface area contributed by atoms with Crippen LogP contribution in [0.1, 0.15) is 36.5 Å². The minimum Gasteiger partial charge on any atom is -0.507 e. The molecule has 0 heterocycles. The Morgan fingerprint density at radius 3 is 2.31 bits per heavy atom. The molecular weight excluding hydrogens is 434 g/mol. The van der Waals surface area contributed by atoms with E-state index in [1.807, 2.05) is 42.5 Å². The summed E-state index contributed by atoms with van der Waals surface area (Å²) in [5.74, 6) is 1.84. The minimum atomic E-state index is 0.0379. The van der Waals surface area contributed by atoms with E-state index in [1.54, 1.807) is 31.3 Å². The summed E-state index contributed by atoms with van der Waals surface area (Å²) >= 11 is 0. The van der Waals surface area contributed by atoms with E-state index in [9.17, 15) is 5.11 Å². The highest BCUT2D eigenvalue weighted by Gasteiger charge is 2.15. The monoisotopic (exact) mass is 467 g/mol. The number of allylic oxidation sites excluding steroid dienone is 2. The fourth-order valence-electron chi connectivity index (χ4n) is 3.70. The number of hydrogen-bond acceptors (Lipinski definition) is 4. The fraction of sp³-hybridized carbons (Fsp3) is 0.194. The quantitative estimate of drug-likeness (QED) is 0.183. The van der Waals surface area contributed by atoms with Gasteiger partial charge in [0.15, 0.2) is 0 Å². The summed E-state index contributed by atoms with van der Waals surface area (Å²) < 4.78 is 11.8. The van der Waals surface area contributed by atoms with Crippen LogP contribution in [0.2, 0.25) is 0 Å². The maximum absolute atomic E-state index is 10.7. The first-order valence-electron chi connectivity index (χ1n) is 11.7. The SMILES string of the molecule is C=C/C(=C\C(C)c1ccccc1)COc1ccc(C(=NC)C(=C)Oc2ccc(CC)cc2)c(O)c1. The number of hydrogen-bond donors (Lipinski definition) is 1. The van der Waals surface area contributed by atoms with E-state index in [0.29, 0.717) is 35.1 Å². The minimum absolute atomic E-state index is 0.0379. The average Bonchev–Trinajstić information content (AvgIpc) is 2.88. The number of benzene rings is 3. The molecule has 1 unspecified atom stereocenters. The van der Waals surface area contributed by atoms with E-state index in [4.69, 9.17) is 9.47 Å². The van der Waals surface area contributed by atoms with Crippen LogP contribution in [0.5, 0.6) is 17.2 Å². The Morgan fingerprint density at radius 2 is 1.71 bits per heavy atom. The van der Waals surface area contributed by atoms with Gasteiger partial charge < -0.3 is 14.6 Å². The Labute approximate surface area is 208 Å². The molecule has 1 atom stereocenters. The van der Waals surface area contributed by atoms with Crippen LogP contribution in [-0.2, 0) is 6.42 Å². The Morgan fingerprint density at radius 1 is 1.03 bits per heavy atom. The normalized spacial score (nSPS) is 12.7. The summed E-state index contributed by atoms with van der Waals surface area (Å²) in [6.07, 6.45) is 4.89. The molecule has 4 heteroatoms. The summed E-state index contributed by atoms with van der Waals surface area (Å²) in [6.45, 7) is 12.5. The second-order valence-corrected chi connectivity index (χ2v) is 8.21. The van der Waals surface area contributed by atoms with E-state index in [1.165, 1.54) is 11.1 Å². The molecule has 4 nitrogen and oxygen atoms in total. The van der Waals surface area contributed by atoms with Crippen LogP contribution < -0.4 is 9.47 Å². The molecule has 1 N–H and O–H groups in total. The van der Waals surface area contributed by atoms with Gasteiger partial charge in [0.1, 0.15) is 35.3 Å². The van der Waals surface area contributed by atoms with Crippen molar-refractivity contribution in [2.75, 3.05) is 13.7 Å². The van der Waals surface area contributed by atoms with E-state index in [-0.39, 0.29) is 11.7 Å². The van der Waals surface area contributed by atoms with E-state index in [2.05, 4.69) is 50.2 Å². The molecule has 180 valence electrons. The van der Waals surface area contributed by atoms with E-state index < -0.39 is 0 Å². The zero-order valence-electron chi connectivity index (χ0n) is 20.7. The van der Waals surface area contributed by atoms with Crippen LogP contribution in [0.25, 0.3) is 0 Å². The number of ether oxygens (including phenoxy) is 2. The lowest BCUT2D eigenvalue weighted by Gasteiger charge is -2.14. The van der Waals surface area contributed by atoms with Gasteiger partial charge in [-0.15, -0.1) is 0 Å². The number of phenols is 1. The summed E-state index contributed by atoms with van der Waals surface area (Å²) in [4.78, 5) is 4.30. The number of phenolic OH excluding ortho intramolecular Hbond substituents is 1. The average molecular weight is 468 g/mol. The van der Waals surface area contributed by atoms with Gasteiger partial charge in [0.05, 0.1) is 0 Å². The predicted molar refractivity (Wildman–Crippen MR) is 145 cm³/mol. The molecule has 0 aromatic heterocycles. The molecular formula is C31H33NO3. The number of aliphatic imine (C=N–C) groups is 1. The maximum Gasteiger partial charge on any atom is 0.146 e. The molecule has 3 rings (SSSR count). The van der Waals surface area contributed by atoms with Crippen LogP contribution in [0, 0.1) is 0 Å². The first-order valence-corrected chi connectivity index (χ1v) is 11.7. The number of aromatic hydroxyl groups is 1. The van der Waals surface area contributed by atoms with Crippen LogP contribution in [0.4, 0.5) is 0 Å². The van der Waals surface area contributed by atoms with Gasteiger partial charge in [0.2, 0.25) is 0 Å². The zero-order chi connectivity index (χ0) is 25.2. The smallest absolute Gasteiger partial charge is 0.146 e. The molecule has 0 saturated heterocycles. The van der Waals surface area contributed by atoms with Gasteiger partial charge in [0.25, 0.3) is 0 Å². The molecule has 0 amide bonds. The van der Waals surface area contributed by atoms with Gasteiger partial charge in [-0.25, -0.2) is 0 Å². The molecule has 0 radical (unpaired) electrons. The third-order valence-corrected chi connectivity index (χ3v) is 5.74.